The number of aromatic carboxylic acids is 1. The van der Waals surface area contributed by atoms with E-state index in [4.69, 9.17) is 24.8 Å². The molecule has 6 aliphatic rings. The smallest absolute Gasteiger partial charge is 0.389 e. The van der Waals surface area contributed by atoms with Gasteiger partial charge in [-0.15, -0.1) is 12.4 Å². The van der Waals surface area contributed by atoms with Crippen LogP contribution in [0.15, 0.2) is 45.1 Å². The van der Waals surface area contributed by atoms with Crippen molar-refractivity contribution in [2.24, 2.45) is 9.98 Å². The van der Waals surface area contributed by atoms with Gasteiger partial charge >= 0.3 is 18.3 Å². The Morgan fingerprint density at radius 1 is 0.569 bits per heavy atom. The molecule has 8 rings (SSSR count). The van der Waals surface area contributed by atoms with Crippen LogP contribution in [0.5, 0.6) is 0 Å². The third-order valence-electron chi connectivity index (χ3n) is 19.1. The van der Waals surface area contributed by atoms with Crippen molar-refractivity contribution in [2.45, 2.75) is 230 Å². The molecule has 576 valence electrons. The number of aliphatic hydroxyl groups excluding tert-OH is 4. The predicted octanol–water partition coefficient (Wildman–Crippen LogP) is 9.50. The molecule has 4 fully saturated rings. The molecule has 6 heterocycles. The maximum Gasteiger partial charge on any atom is 0.389 e. The number of carbonyl (C=O) groups is 4. The largest absolute Gasteiger partial charge is 0.478 e. The topological polar surface area (TPSA) is 327 Å². The van der Waals surface area contributed by atoms with E-state index in [9.17, 15) is 72.6 Å². The van der Waals surface area contributed by atoms with E-state index in [1.165, 1.54) is 32.2 Å². The summed E-state index contributed by atoms with van der Waals surface area (Å²) < 4.78 is 140. The predicted molar refractivity (Wildman–Crippen MR) is 379 cm³/mol. The number of aliphatic hydroxyl groups is 4. The zero-order valence-electron chi connectivity index (χ0n) is 58.9. The number of hydrogen-bond donors (Lipinski definition) is 8. The van der Waals surface area contributed by atoms with Crippen molar-refractivity contribution in [2.75, 3.05) is 78.8 Å². The monoisotopic (exact) mass is 1510 g/mol. The Bertz CT molecular complexity index is 3380. The van der Waals surface area contributed by atoms with E-state index in [1.807, 2.05) is 13.8 Å². The molecule has 2 aromatic carbocycles. The van der Waals surface area contributed by atoms with Crippen molar-refractivity contribution in [3.63, 3.8) is 0 Å². The van der Waals surface area contributed by atoms with Crippen LogP contribution >= 0.6 is 12.4 Å². The highest BCUT2D eigenvalue weighted by Gasteiger charge is 2.48. The highest BCUT2D eigenvalue weighted by atomic mass is 35.5. The van der Waals surface area contributed by atoms with E-state index >= 15 is 0 Å². The van der Waals surface area contributed by atoms with E-state index < -0.39 is 74.5 Å². The number of alkyl halides is 6. The fraction of sp³-hybridized carbons (Fsp3) is 0.686. The van der Waals surface area contributed by atoms with Crippen LogP contribution in [0.2, 0.25) is 0 Å². The Hall–Kier alpha value is -5.45. The molecule has 2 aromatic rings. The lowest BCUT2D eigenvalue weighted by Gasteiger charge is -2.34. The van der Waals surface area contributed by atoms with E-state index in [-0.39, 0.29) is 139 Å². The number of amides is 3. The second-order valence-corrected chi connectivity index (χ2v) is 30.8. The van der Waals surface area contributed by atoms with Gasteiger partial charge in [-0.3, -0.25) is 24.4 Å². The quantitative estimate of drug-likeness (QED) is 0.0250. The molecule has 0 bridgehead atoms. The van der Waals surface area contributed by atoms with Gasteiger partial charge in [-0.25, -0.2) is 21.6 Å². The Labute approximate surface area is 601 Å². The third-order valence-corrected chi connectivity index (χ3v) is 22.2. The summed E-state index contributed by atoms with van der Waals surface area (Å²) in [5.41, 5.74) is 2.89. The maximum atomic E-state index is 13.3. The minimum atomic E-state index is -4.10. The number of hydrogen-bond acceptors (Lipinski definition) is 17. The first kappa shape index (κ1) is 87.2. The molecule has 102 heavy (non-hydrogen) atoms. The van der Waals surface area contributed by atoms with Gasteiger partial charge in [0.1, 0.15) is 35.0 Å². The van der Waals surface area contributed by atoms with Crippen LogP contribution < -0.4 is 16.0 Å². The standard InChI is InChI=1S/C35H51F3N4O7S.C27H36F3N3O5S.C8H17NO3.ClH/c1-25-21-27(32(45)41-16-10-29(11-17-41)49-24-28(44)23-43)22-26(2)30(25)12-20-50(47,48)42-18-14-34(15-19-42)33(46)39-31(40-34)9-7-5-3-4-6-8-13-35(36,37)38;1-19-17-21(24(34)35)18-20(2)22(19)10-16-39(37,38)33-14-12-26(13-15-33)25(36)31-23(32-26)9-7-5-3-4-6-8-11-27(28,29)30;10-5-7(11)6-12-8-1-3-9-4-2-8;/h12,20-22,28-29,43-44H,3-11,13-19,23-24H2,1-2H3,(H,39,40,46);10,16-18H,3-9,11-15H2,1-2H3,(H,34,35)(H,31,32,36);7-11H,1-6H2;1H/b20-12+;16-10+;;/t28-;;7-;/m1.1./s1. The van der Waals surface area contributed by atoms with Gasteiger partial charge in [0.15, 0.2) is 0 Å². The average Bonchev–Trinajstić information content (AvgIpc) is 1.57. The summed E-state index contributed by atoms with van der Waals surface area (Å²) in [4.78, 5) is 61.2. The van der Waals surface area contributed by atoms with Gasteiger partial charge in [-0.2, -0.15) is 35.0 Å². The summed E-state index contributed by atoms with van der Waals surface area (Å²) in [6.07, 6.45) is 5.01. The lowest BCUT2D eigenvalue weighted by atomic mass is 9.89. The first-order valence-corrected chi connectivity index (χ1v) is 38.3. The van der Waals surface area contributed by atoms with Gasteiger partial charge < -0.3 is 55.9 Å². The second-order valence-electron chi connectivity index (χ2n) is 27.2. The number of unbranched alkanes of at least 4 members (excludes halogenated alkanes) is 10. The van der Waals surface area contributed by atoms with Crippen LogP contribution in [0, 0.1) is 27.7 Å². The minimum Gasteiger partial charge on any atom is -0.478 e. The first-order valence-electron chi connectivity index (χ1n) is 35.2. The number of aryl methyl sites for hydroxylation is 4. The number of piperidine rings is 4. The molecule has 4 saturated heterocycles. The molecule has 23 nitrogen and oxygen atoms in total. The van der Waals surface area contributed by atoms with Gasteiger partial charge in [0, 0.05) is 81.3 Å². The van der Waals surface area contributed by atoms with E-state index in [2.05, 4.69) is 25.9 Å². The van der Waals surface area contributed by atoms with Crippen LogP contribution in [0.4, 0.5) is 26.3 Å². The van der Waals surface area contributed by atoms with E-state index in [0.717, 1.165) is 93.8 Å². The first-order chi connectivity index (χ1) is 47.7. The zero-order valence-corrected chi connectivity index (χ0v) is 61.4. The number of likely N-dealkylation sites (tertiary alicyclic amines) is 1. The molecule has 2 atom stereocenters. The fourth-order valence-electron chi connectivity index (χ4n) is 13.1. The Morgan fingerprint density at radius 3 is 1.26 bits per heavy atom. The lowest BCUT2D eigenvalue weighted by Crippen LogP contribution is -2.50. The van der Waals surface area contributed by atoms with Crippen LogP contribution in [-0.2, 0) is 39.1 Å². The van der Waals surface area contributed by atoms with Crippen molar-refractivity contribution in [1.29, 1.82) is 0 Å². The summed E-state index contributed by atoms with van der Waals surface area (Å²) in [7, 11) is -7.56. The molecule has 0 saturated carbocycles. The summed E-state index contributed by atoms with van der Waals surface area (Å²) in [5.74, 6) is -0.429. The number of amidine groups is 2. The van der Waals surface area contributed by atoms with Crippen LogP contribution in [0.25, 0.3) is 12.2 Å². The summed E-state index contributed by atoms with van der Waals surface area (Å²) in [5, 5.41) is 56.4. The van der Waals surface area contributed by atoms with Crippen molar-refractivity contribution < 1.29 is 97.4 Å². The molecule has 0 aliphatic carbocycles. The zero-order chi connectivity index (χ0) is 74.2. The number of benzene rings is 2. The number of nitrogens with one attached hydrogen (secondary N) is 3. The number of carboxylic acids is 1. The average molecular weight is 1510 g/mol. The number of carboxylic acid groups (broad SMARTS) is 1. The number of aliphatic imine (C=N–C) groups is 2. The Kier molecular flexibility index (Phi) is 34.9. The highest BCUT2D eigenvalue weighted by Crippen LogP contribution is 2.35. The van der Waals surface area contributed by atoms with Gasteiger partial charge in [0.25, 0.3) is 17.7 Å². The normalized spacial score (nSPS) is 19.2. The number of sulfonamides is 2. The molecule has 0 unspecified atom stereocenters. The third kappa shape index (κ3) is 27.8. The van der Waals surface area contributed by atoms with Crippen molar-refractivity contribution >= 4 is 80.0 Å². The molecule has 6 aliphatic heterocycles. The summed E-state index contributed by atoms with van der Waals surface area (Å²) in [6.45, 7) is 10.4. The second kappa shape index (κ2) is 40.9. The number of ether oxygens (including phenoxy) is 2. The fourth-order valence-corrected chi connectivity index (χ4v) is 15.5. The molecule has 0 aromatic heterocycles. The molecule has 32 heteroatoms. The van der Waals surface area contributed by atoms with Gasteiger partial charge in [0.05, 0.1) is 44.2 Å². The molecule has 8 N–H and O–H groups in total. The van der Waals surface area contributed by atoms with Gasteiger partial charge in [-0.05, 0) is 188 Å². The van der Waals surface area contributed by atoms with E-state index in [1.54, 1.807) is 37.0 Å². The molecule has 3 amide bonds. The van der Waals surface area contributed by atoms with Crippen molar-refractivity contribution in [3.05, 3.63) is 79.6 Å². The maximum absolute atomic E-state index is 13.3. The van der Waals surface area contributed by atoms with Crippen molar-refractivity contribution in [1.82, 2.24) is 29.5 Å². The number of halogens is 7. The minimum absolute atomic E-state index is 0. The summed E-state index contributed by atoms with van der Waals surface area (Å²) >= 11 is 0. The number of nitrogens with zero attached hydrogens (tertiary/aromatic N) is 5. The van der Waals surface area contributed by atoms with E-state index in [0.29, 0.717) is 91.1 Å². The summed E-state index contributed by atoms with van der Waals surface area (Å²) in [6, 6.07) is 6.53. The van der Waals surface area contributed by atoms with Gasteiger partial charge in [-0.1, -0.05) is 51.4 Å². The Balaban J connectivity index is 0.000000319. The molecular formula is C70H105ClF6N8O15S2. The number of rotatable bonds is 32. The van der Waals surface area contributed by atoms with Gasteiger partial charge in [0.2, 0.25) is 20.0 Å². The Morgan fingerprint density at radius 2 is 0.912 bits per heavy atom. The van der Waals surface area contributed by atoms with Crippen molar-refractivity contribution in [3.8, 4) is 0 Å². The molecular weight excluding hydrogens is 1410 g/mol. The van der Waals surface area contributed by atoms with Crippen LogP contribution in [-0.4, -0.2) is 218 Å². The van der Waals surface area contributed by atoms with Crippen LogP contribution in [0.1, 0.15) is 208 Å². The SMILES string of the molecule is Cc1cc(C(=O)N2CCC(OC[C@H](O)CO)CC2)cc(C)c1/C=C/S(=O)(=O)N1CCC2(CC1)N=C(CCCCCCCCC(F)(F)F)NC2=O.Cc1cc(C(=O)O)cc(C)c1/C=C/S(=O)(=O)N1CCC2(CC1)N=C(CCCCCCCCC(F)(F)F)NC2=O.Cl.OC[C@@H](O)COC1CCNCC1. The lowest BCUT2D eigenvalue weighted by molar-refractivity contribution is -0.136. The number of carbonyl (C=O) groups excluding carboxylic acids is 3. The molecule has 0 radical (unpaired) electrons. The van der Waals surface area contributed by atoms with Crippen LogP contribution in [0.3, 0.4) is 0 Å². The highest BCUT2D eigenvalue weighted by molar-refractivity contribution is 7.92. The molecule has 2 spiro atoms.